The van der Waals surface area contributed by atoms with E-state index < -0.39 is 0 Å². The van der Waals surface area contributed by atoms with Gasteiger partial charge in [-0.25, -0.2) is 4.98 Å². The molecule has 3 rings (SSSR count). The van der Waals surface area contributed by atoms with Gasteiger partial charge in [-0.05, 0) is 25.3 Å². The highest BCUT2D eigenvalue weighted by Crippen LogP contribution is 2.34. The molecule has 0 saturated heterocycles. The molecular formula is C15H15N3O2S3. The van der Waals surface area contributed by atoms with E-state index in [1.807, 2.05) is 29.8 Å². The normalized spacial score (nSPS) is 12.4. The molecule has 3 aromatic heterocycles. The van der Waals surface area contributed by atoms with Crippen LogP contribution in [0.2, 0.25) is 0 Å². The van der Waals surface area contributed by atoms with Crippen LogP contribution in [-0.2, 0) is 4.79 Å². The van der Waals surface area contributed by atoms with Gasteiger partial charge in [-0.3, -0.25) is 9.59 Å². The second-order valence-electron chi connectivity index (χ2n) is 4.83. The standard InChI is InChI=1S/C15H15N3O2S3/c1-3-16-12(19)8(2)23-15-17-13(20)11-9(7-22-14(11)18-15)10-5-4-6-21-10/h4-8H,3H2,1-2H3,(H,16,19)(H,17,18,20)/t8-/m0/s1. The summed E-state index contributed by atoms with van der Waals surface area (Å²) in [7, 11) is 0. The third-order valence-corrected chi connectivity index (χ3v) is 5.98. The maximum atomic E-state index is 12.5. The van der Waals surface area contributed by atoms with Crippen molar-refractivity contribution in [1.82, 2.24) is 15.3 Å². The van der Waals surface area contributed by atoms with Crippen molar-refractivity contribution in [2.24, 2.45) is 0 Å². The predicted molar refractivity (Wildman–Crippen MR) is 97.6 cm³/mol. The average molecular weight is 366 g/mol. The van der Waals surface area contributed by atoms with E-state index in [2.05, 4.69) is 15.3 Å². The van der Waals surface area contributed by atoms with Crippen LogP contribution in [0.25, 0.3) is 20.7 Å². The summed E-state index contributed by atoms with van der Waals surface area (Å²) in [6.07, 6.45) is 0. The number of thiophene rings is 2. The quantitative estimate of drug-likeness (QED) is 0.537. The zero-order valence-corrected chi connectivity index (χ0v) is 15.0. The molecule has 23 heavy (non-hydrogen) atoms. The number of carbonyl (C=O) groups is 1. The Hall–Kier alpha value is -1.64. The Balaban J connectivity index is 1.94. The second-order valence-corrected chi connectivity index (χ2v) is 7.97. The number of H-pyrrole nitrogens is 1. The molecule has 8 heteroatoms. The van der Waals surface area contributed by atoms with Gasteiger partial charge >= 0.3 is 0 Å². The Labute approximate surface area is 145 Å². The number of aromatic amines is 1. The summed E-state index contributed by atoms with van der Waals surface area (Å²) in [6.45, 7) is 4.26. The van der Waals surface area contributed by atoms with Gasteiger partial charge in [0.05, 0.1) is 10.6 Å². The van der Waals surface area contributed by atoms with Gasteiger partial charge in [0, 0.05) is 22.4 Å². The average Bonchev–Trinajstić information content (AvgIpc) is 3.15. The summed E-state index contributed by atoms with van der Waals surface area (Å²) in [5, 5.41) is 7.49. The molecule has 3 heterocycles. The van der Waals surface area contributed by atoms with Crippen LogP contribution >= 0.6 is 34.4 Å². The minimum absolute atomic E-state index is 0.0642. The Kier molecular flexibility index (Phi) is 4.84. The molecule has 1 amide bonds. The Bertz CT molecular complexity index is 883. The molecule has 0 bridgehead atoms. The van der Waals surface area contributed by atoms with Crippen molar-refractivity contribution in [3.8, 4) is 10.4 Å². The fourth-order valence-corrected chi connectivity index (χ4v) is 4.78. The third kappa shape index (κ3) is 3.34. The lowest BCUT2D eigenvalue weighted by atomic mass is 10.2. The number of nitrogens with zero attached hydrogens (tertiary/aromatic N) is 1. The van der Waals surface area contributed by atoms with Crippen molar-refractivity contribution >= 4 is 50.6 Å². The number of carbonyl (C=O) groups excluding carboxylic acids is 1. The zero-order chi connectivity index (χ0) is 16.4. The van der Waals surface area contributed by atoms with Crippen LogP contribution in [-0.4, -0.2) is 27.7 Å². The topological polar surface area (TPSA) is 74.8 Å². The van der Waals surface area contributed by atoms with Crippen LogP contribution in [0.4, 0.5) is 0 Å². The number of nitrogens with one attached hydrogen (secondary N) is 2. The largest absolute Gasteiger partial charge is 0.355 e. The lowest BCUT2D eigenvalue weighted by molar-refractivity contribution is -0.120. The molecule has 0 spiro atoms. The van der Waals surface area contributed by atoms with Gasteiger partial charge in [0.25, 0.3) is 5.56 Å². The van der Waals surface area contributed by atoms with Gasteiger partial charge in [-0.15, -0.1) is 22.7 Å². The summed E-state index contributed by atoms with van der Waals surface area (Å²) in [5.41, 5.74) is 0.757. The molecule has 0 aromatic carbocycles. The first-order valence-corrected chi connectivity index (χ1v) is 9.73. The molecule has 0 aliphatic rings. The Morgan fingerprint density at radius 3 is 3.00 bits per heavy atom. The molecule has 5 nitrogen and oxygen atoms in total. The monoisotopic (exact) mass is 365 g/mol. The molecule has 3 aromatic rings. The highest BCUT2D eigenvalue weighted by atomic mass is 32.2. The molecular weight excluding hydrogens is 350 g/mol. The molecule has 2 N–H and O–H groups in total. The summed E-state index contributed by atoms with van der Waals surface area (Å²) < 4.78 is 0. The second kappa shape index (κ2) is 6.86. The fraction of sp³-hybridized carbons (Fsp3) is 0.267. The molecule has 1 atom stereocenters. The van der Waals surface area contributed by atoms with E-state index in [9.17, 15) is 9.59 Å². The van der Waals surface area contributed by atoms with Gasteiger partial charge in [0.1, 0.15) is 4.83 Å². The highest BCUT2D eigenvalue weighted by Gasteiger charge is 2.18. The zero-order valence-electron chi connectivity index (χ0n) is 12.6. The van der Waals surface area contributed by atoms with Gasteiger partial charge in [-0.1, -0.05) is 17.8 Å². The minimum Gasteiger partial charge on any atom is -0.355 e. The van der Waals surface area contributed by atoms with E-state index in [0.717, 1.165) is 10.4 Å². The number of rotatable bonds is 5. The van der Waals surface area contributed by atoms with Crippen molar-refractivity contribution in [2.45, 2.75) is 24.3 Å². The van der Waals surface area contributed by atoms with Crippen LogP contribution in [0.5, 0.6) is 0 Å². The molecule has 0 saturated carbocycles. The number of aromatic nitrogens is 2. The first-order valence-electron chi connectivity index (χ1n) is 7.10. The molecule has 0 aliphatic heterocycles. The highest BCUT2D eigenvalue weighted by molar-refractivity contribution is 8.00. The van der Waals surface area contributed by atoms with Crippen molar-refractivity contribution in [3.63, 3.8) is 0 Å². The summed E-state index contributed by atoms with van der Waals surface area (Å²) in [6, 6.07) is 3.95. The van der Waals surface area contributed by atoms with Crippen LogP contribution < -0.4 is 10.9 Å². The minimum atomic E-state index is -0.313. The summed E-state index contributed by atoms with van der Waals surface area (Å²) in [5.74, 6) is -0.0642. The van der Waals surface area contributed by atoms with Crippen LogP contribution in [0.3, 0.4) is 0 Å². The maximum absolute atomic E-state index is 12.5. The van der Waals surface area contributed by atoms with Gasteiger partial charge < -0.3 is 10.3 Å². The third-order valence-electron chi connectivity index (χ3n) is 3.22. The van der Waals surface area contributed by atoms with E-state index in [1.54, 1.807) is 18.3 Å². The Morgan fingerprint density at radius 1 is 1.48 bits per heavy atom. The van der Waals surface area contributed by atoms with E-state index in [0.29, 0.717) is 21.9 Å². The number of thioether (sulfide) groups is 1. The van der Waals surface area contributed by atoms with E-state index in [1.165, 1.54) is 23.1 Å². The smallest absolute Gasteiger partial charge is 0.260 e. The van der Waals surface area contributed by atoms with Crippen molar-refractivity contribution < 1.29 is 4.79 Å². The van der Waals surface area contributed by atoms with Crippen LogP contribution in [0, 0.1) is 0 Å². The number of hydrogen-bond donors (Lipinski definition) is 2. The van der Waals surface area contributed by atoms with E-state index in [4.69, 9.17) is 0 Å². The summed E-state index contributed by atoms with van der Waals surface area (Å²) >= 11 is 4.30. The fourth-order valence-electron chi connectivity index (χ4n) is 2.14. The van der Waals surface area contributed by atoms with Crippen LogP contribution in [0.1, 0.15) is 13.8 Å². The lowest BCUT2D eigenvalue weighted by Gasteiger charge is -2.09. The van der Waals surface area contributed by atoms with E-state index >= 15 is 0 Å². The molecule has 120 valence electrons. The van der Waals surface area contributed by atoms with E-state index in [-0.39, 0.29) is 16.7 Å². The van der Waals surface area contributed by atoms with Crippen molar-refractivity contribution in [3.05, 3.63) is 33.2 Å². The number of amides is 1. The first-order chi connectivity index (χ1) is 11.1. The first kappa shape index (κ1) is 16.2. The molecule has 0 radical (unpaired) electrons. The number of hydrogen-bond acceptors (Lipinski definition) is 6. The van der Waals surface area contributed by atoms with Gasteiger partial charge in [0.2, 0.25) is 5.91 Å². The van der Waals surface area contributed by atoms with Gasteiger partial charge in [-0.2, -0.15) is 0 Å². The molecule has 0 fully saturated rings. The van der Waals surface area contributed by atoms with Crippen molar-refractivity contribution in [2.75, 3.05) is 6.54 Å². The summed E-state index contributed by atoms with van der Waals surface area (Å²) in [4.78, 5) is 33.3. The lowest BCUT2D eigenvalue weighted by Crippen LogP contribution is -2.30. The Morgan fingerprint density at radius 2 is 2.30 bits per heavy atom. The SMILES string of the molecule is CCNC(=O)[C@H](C)Sc1nc2scc(-c3cccs3)c2c(=O)[nH]1. The maximum Gasteiger partial charge on any atom is 0.260 e. The predicted octanol–water partition coefficient (Wildman–Crippen LogP) is 3.33. The van der Waals surface area contributed by atoms with Gasteiger partial charge in [0.15, 0.2) is 5.16 Å². The van der Waals surface area contributed by atoms with Crippen LogP contribution in [0.15, 0.2) is 32.8 Å². The van der Waals surface area contributed by atoms with Crippen molar-refractivity contribution in [1.29, 1.82) is 0 Å². The molecule has 0 aliphatic carbocycles. The molecule has 0 unspecified atom stereocenters. The number of fused-ring (bicyclic) bond motifs is 1.